The molecule has 21 heavy (non-hydrogen) atoms. The molecule has 0 aliphatic heterocycles. The van der Waals surface area contributed by atoms with E-state index in [9.17, 15) is 0 Å². The first-order valence-electron chi connectivity index (χ1n) is 7.24. The molecule has 0 aliphatic rings. The highest BCUT2D eigenvalue weighted by atomic mass is 16.5. The van der Waals surface area contributed by atoms with Crippen molar-refractivity contribution in [1.29, 1.82) is 0 Å². The topological polar surface area (TPSA) is 9.23 Å². The molecule has 1 nitrogen and oxygen atoms in total. The maximum atomic E-state index is 6.21. The van der Waals surface area contributed by atoms with Crippen molar-refractivity contribution < 1.29 is 4.74 Å². The van der Waals surface area contributed by atoms with Crippen LogP contribution < -0.4 is 4.74 Å². The van der Waals surface area contributed by atoms with Crippen molar-refractivity contribution in [2.45, 2.75) is 26.7 Å². The normalized spacial score (nSPS) is 10.2. The lowest BCUT2D eigenvalue weighted by Gasteiger charge is -2.16. The van der Waals surface area contributed by atoms with Gasteiger partial charge in [0.25, 0.3) is 0 Å². The van der Waals surface area contributed by atoms with Crippen LogP contribution in [0.5, 0.6) is 11.5 Å². The van der Waals surface area contributed by atoms with E-state index in [1.165, 1.54) is 22.3 Å². The van der Waals surface area contributed by atoms with Crippen molar-refractivity contribution in [3.05, 3.63) is 84.0 Å². The molecular formula is C20H22O. The van der Waals surface area contributed by atoms with E-state index in [0.717, 1.165) is 24.3 Å². The molecule has 0 heterocycles. The van der Waals surface area contributed by atoms with Gasteiger partial charge in [-0.1, -0.05) is 36.4 Å². The molecule has 0 amide bonds. The molecule has 0 fully saturated rings. The summed E-state index contributed by atoms with van der Waals surface area (Å²) in [5.74, 6) is 1.82. The van der Waals surface area contributed by atoms with E-state index in [1.54, 1.807) is 0 Å². The first-order valence-corrected chi connectivity index (χ1v) is 7.24. The van der Waals surface area contributed by atoms with Crippen LogP contribution in [0.15, 0.2) is 61.7 Å². The van der Waals surface area contributed by atoms with Gasteiger partial charge in [0, 0.05) is 11.1 Å². The minimum absolute atomic E-state index is 0.810. The summed E-state index contributed by atoms with van der Waals surface area (Å²) in [6.45, 7) is 11.9. The van der Waals surface area contributed by atoms with Gasteiger partial charge in [-0.05, 0) is 49.9 Å². The maximum absolute atomic E-state index is 6.21. The van der Waals surface area contributed by atoms with E-state index >= 15 is 0 Å². The van der Waals surface area contributed by atoms with Gasteiger partial charge >= 0.3 is 0 Å². The van der Waals surface area contributed by atoms with Gasteiger partial charge in [0.1, 0.15) is 11.5 Å². The molecule has 0 aromatic heterocycles. The number of aryl methyl sites for hydroxylation is 2. The van der Waals surface area contributed by atoms with Crippen LogP contribution in [0.25, 0.3) is 0 Å². The van der Waals surface area contributed by atoms with E-state index < -0.39 is 0 Å². The van der Waals surface area contributed by atoms with E-state index in [-0.39, 0.29) is 0 Å². The van der Waals surface area contributed by atoms with Gasteiger partial charge in [-0.3, -0.25) is 0 Å². The van der Waals surface area contributed by atoms with Crippen molar-refractivity contribution in [1.82, 2.24) is 0 Å². The lowest BCUT2D eigenvalue weighted by Crippen LogP contribution is -1.97. The lowest BCUT2D eigenvalue weighted by molar-refractivity contribution is 0.471. The molecule has 108 valence electrons. The quantitative estimate of drug-likeness (QED) is 0.629. The minimum atomic E-state index is 0.810. The highest BCUT2D eigenvalue weighted by molar-refractivity contribution is 5.47. The minimum Gasteiger partial charge on any atom is -0.457 e. The van der Waals surface area contributed by atoms with Crippen molar-refractivity contribution in [2.75, 3.05) is 0 Å². The SMILES string of the molecule is C=CCc1c(C)cccc1Oc1cccc(C)c1CC=C. The molecule has 1 heteroatoms. The molecule has 2 aromatic carbocycles. The molecule has 0 atom stereocenters. The van der Waals surface area contributed by atoms with Crippen LogP contribution in [0.1, 0.15) is 22.3 Å². The Kier molecular flexibility index (Phi) is 4.99. The Morgan fingerprint density at radius 3 is 1.62 bits per heavy atom. The summed E-state index contributed by atoms with van der Waals surface area (Å²) in [6.07, 6.45) is 5.45. The van der Waals surface area contributed by atoms with Crippen molar-refractivity contribution in [3.8, 4) is 11.5 Å². The lowest BCUT2D eigenvalue weighted by atomic mass is 10.0. The molecule has 0 N–H and O–H groups in total. The predicted molar refractivity (Wildman–Crippen MR) is 90.2 cm³/mol. The van der Waals surface area contributed by atoms with Gasteiger partial charge in [0.15, 0.2) is 0 Å². The zero-order valence-electron chi connectivity index (χ0n) is 12.9. The number of allylic oxidation sites excluding steroid dienone is 2. The highest BCUT2D eigenvalue weighted by Gasteiger charge is 2.10. The van der Waals surface area contributed by atoms with Gasteiger partial charge in [-0.25, -0.2) is 0 Å². The zero-order valence-corrected chi connectivity index (χ0v) is 12.9. The Hall–Kier alpha value is -2.28. The van der Waals surface area contributed by atoms with Crippen molar-refractivity contribution in [2.24, 2.45) is 0 Å². The summed E-state index contributed by atoms with van der Waals surface area (Å²) in [5, 5.41) is 0. The zero-order chi connectivity index (χ0) is 15.2. The van der Waals surface area contributed by atoms with E-state index in [1.807, 2.05) is 36.4 Å². The molecule has 0 bridgehead atoms. The van der Waals surface area contributed by atoms with Crippen molar-refractivity contribution in [3.63, 3.8) is 0 Å². The number of benzene rings is 2. The van der Waals surface area contributed by atoms with Crippen LogP contribution in [0.4, 0.5) is 0 Å². The molecule has 0 saturated heterocycles. The summed E-state index contributed by atoms with van der Waals surface area (Å²) in [6, 6.07) is 12.3. The van der Waals surface area contributed by atoms with Crippen LogP contribution in [-0.4, -0.2) is 0 Å². The van der Waals surface area contributed by atoms with Gasteiger partial charge < -0.3 is 4.74 Å². The number of hydrogen-bond acceptors (Lipinski definition) is 1. The third-order valence-corrected chi connectivity index (χ3v) is 3.65. The Bertz CT molecular complexity index is 595. The first-order chi connectivity index (χ1) is 10.2. The van der Waals surface area contributed by atoms with Gasteiger partial charge in [-0.15, -0.1) is 13.2 Å². The molecule has 0 spiro atoms. The van der Waals surface area contributed by atoms with E-state index in [4.69, 9.17) is 4.74 Å². The van der Waals surface area contributed by atoms with Gasteiger partial charge in [0.2, 0.25) is 0 Å². The second-order valence-electron chi connectivity index (χ2n) is 5.19. The summed E-state index contributed by atoms with van der Waals surface area (Å²) in [7, 11) is 0. The molecule has 2 rings (SSSR count). The Morgan fingerprint density at radius 2 is 1.24 bits per heavy atom. The highest BCUT2D eigenvalue weighted by Crippen LogP contribution is 2.32. The van der Waals surface area contributed by atoms with Gasteiger partial charge in [0.05, 0.1) is 0 Å². The van der Waals surface area contributed by atoms with E-state index in [0.29, 0.717) is 0 Å². The summed E-state index contributed by atoms with van der Waals surface area (Å²) < 4.78 is 6.21. The van der Waals surface area contributed by atoms with Crippen LogP contribution in [-0.2, 0) is 12.8 Å². The van der Waals surface area contributed by atoms with Crippen molar-refractivity contribution >= 4 is 0 Å². The van der Waals surface area contributed by atoms with Crippen LogP contribution in [0.2, 0.25) is 0 Å². The van der Waals surface area contributed by atoms with E-state index in [2.05, 4.69) is 39.1 Å². The third-order valence-electron chi connectivity index (χ3n) is 3.65. The van der Waals surface area contributed by atoms with Crippen LogP contribution in [0.3, 0.4) is 0 Å². The average molecular weight is 278 g/mol. The van der Waals surface area contributed by atoms with Crippen LogP contribution >= 0.6 is 0 Å². The monoisotopic (exact) mass is 278 g/mol. The number of ether oxygens (including phenoxy) is 1. The molecule has 0 radical (unpaired) electrons. The summed E-state index contributed by atoms with van der Waals surface area (Å²) in [5.41, 5.74) is 4.84. The second kappa shape index (κ2) is 6.94. The maximum Gasteiger partial charge on any atom is 0.131 e. The Morgan fingerprint density at radius 1 is 0.810 bits per heavy atom. The Balaban J connectivity index is 2.43. The fourth-order valence-corrected chi connectivity index (χ4v) is 2.47. The molecule has 0 saturated carbocycles. The third kappa shape index (κ3) is 3.43. The Labute approximate surface area is 127 Å². The van der Waals surface area contributed by atoms with Crippen LogP contribution in [0, 0.1) is 13.8 Å². The first kappa shape index (κ1) is 15.1. The summed E-state index contributed by atoms with van der Waals surface area (Å²) in [4.78, 5) is 0. The molecule has 2 aromatic rings. The molecule has 0 unspecified atom stereocenters. The number of hydrogen-bond donors (Lipinski definition) is 0. The fourth-order valence-electron chi connectivity index (χ4n) is 2.47. The summed E-state index contributed by atoms with van der Waals surface area (Å²) >= 11 is 0. The molecular weight excluding hydrogens is 256 g/mol. The van der Waals surface area contributed by atoms with Gasteiger partial charge in [-0.2, -0.15) is 0 Å². The smallest absolute Gasteiger partial charge is 0.131 e. The second-order valence-corrected chi connectivity index (χ2v) is 5.19. The average Bonchev–Trinajstić information content (AvgIpc) is 2.46. The molecule has 0 aliphatic carbocycles. The predicted octanol–water partition coefficient (Wildman–Crippen LogP) is 5.55. The standard InChI is InChI=1S/C20H22O/c1-5-9-17-15(3)11-7-13-19(17)21-20-14-8-12-16(4)18(20)10-6-2/h5-8,11-14H,1-2,9-10H2,3-4H3. The number of rotatable bonds is 6. The largest absolute Gasteiger partial charge is 0.457 e. The fraction of sp³-hybridized carbons (Fsp3) is 0.200.